The molecule has 0 saturated carbocycles. The van der Waals surface area contributed by atoms with Crippen molar-refractivity contribution in [2.45, 2.75) is 33.6 Å². The van der Waals surface area contributed by atoms with Crippen molar-refractivity contribution in [3.8, 4) is 5.88 Å². The Labute approximate surface area is 86.1 Å². The molecule has 80 valence electrons. The molecular formula is C11H20N2O. The van der Waals surface area contributed by atoms with E-state index in [9.17, 15) is 0 Å². The highest BCUT2D eigenvalue weighted by atomic mass is 16.5. The highest BCUT2D eigenvalue weighted by Gasteiger charge is 2.18. The van der Waals surface area contributed by atoms with Crippen LogP contribution in [-0.2, 0) is 7.05 Å². The molecule has 0 radical (unpaired) electrons. The van der Waals surface area contributed by atoms with Gasteiger partial charge in [-0.25, -0.2) is 0 Å². The summed E-state index contributed by atoms with van der Waals surface area (Å²) in [5, 5.41) is 4.30. The Hall–Kier alpha value is -0.990. The quantitative estimate of drug-likeness (QED) is 0.740. The minimum atomic E-state index is 0.491. The third-order valence-electron chi connectivity index (χ3n) is 2.59. The highest BCUT2D eigenvalue weighted by Crippen LogP contribution is 2.30. The van der Waals surface area contributed by atoms with E-state index < -0.39 is 0 Å². The molecule has 3 nitrogen and oxygen atoms in total. The zero-order valence-corrected chi connectivity index (χ0v) is 9.74. The van der Waals surface area contributed by atoms with Gasteiger partial charge in [-0.2, -0.15) is 0 Å². The van der Waals surface area contributed by atoms with Crippen LogP contribution in [0.25, 0.3) is 0 Å². The van der Waals surface area contributed by atoms with Gasteiger partial charge < -0.3 is 4.74 Å². The average molecular weight is 196 g/mol. The van der Waals surface area contributed by atoms with Gasteiger partial charge in [-0.1, -0.05) is 20.8 Å². The van der Waals surface area contributed by atoms with Crippen molar-refractivity contribution < 1.29 is 4.74 Å². The molecule has 1 aromatic heterocycles. The minimum absolute atomic E-state index is 0.491. The summed E-state index contributed by atoms with van der Waals surface area (Å²) in [5.74, 6) is 1.89. The SMILES string of the molecule is CCOc1nn(C)cc1C(C)C(C)C. The largest absolute Gasteiger partial charge is 0.477 e. The maximum absolute atomic E-state index is 5.50. The Balaban J connectivity index is 2.93. The van der Waals surface area contributed by atoms with Gasteiger partial charge >= 0.3 is 0 Å². The zero-order chi connectivity index (χ0) is 10.7. The zero-order valence-electron chi connectivity index (χ0n) is 9.74. The van der Waals surface area contributed by atoms with Gasteiger partial charge in [-0.15, -0.1) is 5.10 Å². The number of hydrogen-bond donors (Lipinski definition) is 0. The third kappa shape index (κ3) is 2.28. The van der Waals surface area contributed by atoms with E-state index in [1.54, 1.807) is 0 Å². The second-order valence-electron chi connectivity index (χ2n) is 4.03. The van der Waals surface area contributed by atoms with Gasteiger partial charge in [0.1, 0.15) is 0 Å². The van der Waals surface area contributed by atoms with Crippen molar-refractivity contribution in [3.63, 3.8) is 0 Å². The molecule has 0 aliphatic rings. The van der Waals surface area contributed by atoms with E-state index in [0.717, 1.165) is 5.88 Å². The predicted octanol–water partition coefficient (Wildman–Crippen LogP) is 2.58. The first kappa shape index (κ1) is 11.1. The Morgan fingerprint density at radius 1 is 1.43 bits per heavy atom. The number of hydrogen-bond acceptors (Lipinski definition) is 2. The summed E-state index contributed by atoms with van der Waals surface area (Å²) in [7, 11) is 1.93. The smallest absolute Gasteiger partial charge is 0.236 e. The molecule has 0 fully saturated rings. The Bertz CT molecular complexity index is 291. The van der Waals surface area contributed by atoms with Crippen LogP contribution in [0.5, 0.6) is 5.88 Å². The molecule has 0 N–H and O–H groups in total. The van der Waals surface area contributed by atoms with Gasteiger partial charge in [-0.3, -0.25) is 4.68 Å². The molecule has 0 aromatic carbocycles. The van der Waals surface area contributed by atoms with Crippen LogP contribution in [0.4, 0.5) is 0 Å². The van der Waals surface area contributed by atoms with E-state index >= 15 is 0 Å². The van der Waals surface area contributed by atoms with Crippen LogP contribution >= 0.6 is 0 Å². The number of ether oxygens (including phenoxy) is 1. The first-order valence-electron chi connectivity index (χ1n) is 5.22. The topological polar surface area (TPSA) is 27.1 Å². The molecule has 1 heterocycles. The lowest BCUT2D eigenvalue weighted by Gasteiger charge is -2.14. The van der Waals surface area contributed by atoms with Gasteiger partial charge in [0.15, 0.2) is 0 Å². The molecular weight excluding hydrogens is 176 g/mol. The maximum atomic E-state index is 5.50. The lowest BCUT2D eigenvalue weighted by atomic mass is 9.92. The standard InChI is InChI=1S/C11H20N2O/c1-6-14-11-10(7-13(5)12-11)9(4)8(2)3/h7-9H,6H2,1-5H3. The number of nitrogens with zero attached hydrogens (tertiary/aromatic N) is 2. The lowest BCUT2D eigenvalue weighted by molar-refractivity contribution is 0.316. The molecule has 0 amide bonds. The van der Waals surface area contributed by atoms with Gasteiger partial charge in [0.2, 0.25) is 5.88 Å². The molecule has 0 spiro atoms. The third-order valence-corrected chi connectivity index (χ3v) is 2.59. The molecule has 14 heavy (non-hydrogen) atoms. The van der Waals surface area contributed by atoms with Crippen molar-refractivity contribution >= 4 is 0 Å². The average Bonchev–Trinajstić information content (AvgIpc) is 2.46. The highest BCUT2D eigenvalue weighted by molar-refractivity contribution is 5.27. The van der Waals surface area contributed by atoms with Crippen molar-refractivity contribution in [2.24, 2.45) is 13.0 Å². The van der Waals surface area contributed by atoms with Gasteiger partial charge in [-0.05, 0) is 18.8 Å². The second-order valence-corrected chi connectivity index (χ2v) is 4.03. The van der Waals surface area contributed by atoms with E-state index in [4.69, 9.17) is 4.74 Å². The minimum Gasteiger partial charge on any atom is -0.477 e. The van der Waals surface area contributed by atoms with Crippen molar-refractivity contribution in [1.82, 2.24) is 9.78 Å². The molecule has 0 saturated heterocycles. The first-order chi connectivity index (χ1) is 6.56. The van der Waals surface area contributed by atoms with Crippen molar-refractivity contribution in [2.75, 3.05) is 6.61 Å². The summed E-state index contributed by atoms with van der Waals surface area (Å²) in [6, 6.07) is 0. The molecule has 3 heteroatoms. The van der Waals surface area contributed by atoms with E-state index in [1.165, 1.54) is 5.56 Å². The van der Waals surface area contributed by atoms with Crippen LogP contribution in [0.2, 0.25) is 0 Å². The maximum Gasteiger partial charge on any atom is 0.236 e. The molecule has 1 aromatic rings. The fourth-order valence-electron chi connectivity index (χ4n) is 1.41. The van der Waals surface area contributed by atoms with E-state index in [0.29, 0.717) is 18.4 Å². The van der Waals surface area contributed by atoms with Gasteiger partial charge in [0.05, 0.1) is 6.61 Å². The van der Waals surface area contributed by atoms with E-state index in [1.807, 2.05) is 18.7 Å². The number of rotatable bonds is 4. The summed E-state index contributed by atoms with van der Waals surface area (Å²) < 4.78 is 7.32. The summed E-state index contributed by atoms with van der Waals surface area (Å²) in [4.78, 5) is 0. The molecule has 1 atom stereocenters. The van der Waals surface area contributed by atoms with Crippen molar-refractivity contribution in [3.05, 3.63) is 11.8 Å². The molecule has 1 unspecified atom stereocenters. The Morgan fingerprint density at radius 3 is 2.57 bits per heavy atom. The Kier molecular flexibility index (Phi) is 3.55. The molecule has 1 rings (SSSR count). The first-order valence-corrected chi connectivity index (χ1v) is 5.22. The van der Waals surface area contributed by atoms with Crippen LogP contribution in [0.1, 0.15) is 39.2 Å². The Morgan fingerprint density at radius 2 is 2.07 bits per heavy atom. The van der Waals surface area contributed by atoms with Crippen LogP contribution in [0.15, 0.2) is 6.20 Å². The van der Waals surface area contributed by atoms with Crippen LogP contribution in [0, 0.1) is 5.92 Å². The van der Waals surface area contributed by atoms with Crippen LogP contribution < -0.4 is 4.74 Å². The normalized spacial score (nSPS) is 13.3. The van der Waals surface area contributed by atoms with E-state index in [-0.39, 0.29) is 0 Å². The summed E-state index contributed by atoms with van der Waals surface area (Å²) in [6.07, 6.45) is 2.05. The predicted molar refractivity (Wildman–Crippen MR) is 57.6 cm³/mol. The summed E-state index contributed by atoms with van der Waals surface area (Å²) in [5.41, 5.74) is 1.21. The van der Waals surface area contributed by atoms with Crippen LogP contribution in [0.3, 0.4) is 0 Å². The molecule has 0 bridgehead atoms. The lowest BCUT2D eigenvalue weighted by Crippen LogP contribution is -2.04. The fraction of sp³-hybridized carbons (Fsp3) is 0.727. The van der Waals surface area contributed by atoms with Crippen LogP contribution in [-0.4, -0.2) is 16.4 Å². The monoisotopic (exact) mass is 196 g/mol. The molecule has 0 aliphatic heterocycles. The van der Waals surface area contributed by atoms with E-state index in [2.05, 4.69) is 32.1 Å². The number of aryl methyl sites for hydroxylation is 1. The second kappa shape index (κ2) is 4.49. The number of aromatic nitrogens is 2. The van der Waals surface area contributed by atoms with Crippen molar-refractivity contribution in [1.29, 1.82) is 0 Å². The fourth-order valence-corrected chi connectivity index (χ4v) is 1.41. The summed E-state index contributed by atoms with van der Waals surface area (Å²) in [6.45, 7) is 9.30. The molecule has 0 aliphatic carbocycles. The van der Waals surface area contributed by atoms with Gasteiger partial charge in [0, 0.05) is 18.8 Å². The van der Waals surface area contributed by atoms with Gasteiger partial charge in [0.25, 0.3) is 0 Å². The summed E-state index contributed by atoms with van der Waals surface area (Å²) >= 11 is 0.